The van der Waals surface area contributed by atoms with Crippen molar-refractivity contribution in [1.29, 1.82) is 0 Å². The van der Waals surface area contributed by atoms with Gasteiger partial charge in [0, 0.05) is 16.9 Å². The highest BCUT2D eigenvalue weighted by molar-refractivity contribution is 7.80. The molecule has 1 heterocycles. The van der Waals surface area contributed by atoms with Gasteiger partial charge in [0.1, 0.15) is 11.8 Å². The first-order chi connectivity index (χ1) is 36.5. The van der Waals surface area contributed by atoms with Gasteiger partial charge in [-0.2, -0.15) is 132 Å². The zero-order chi connectivity index (χ0) is 60.0. The van der Waals surface area contributed by atoms with Gasteiger partial charge in [-0.1, -0.05) is 97.1 Å². The number of rotatable bonds is 9. The molecule has 0 spiro atoms. The van der Waals surface area contributed by atoms with Crippen LogP contribution in [0.4, 0.5) is 105 Å². The minimum absolute atomic E-state index is 0.0855. The predicted octanol–water partition coefficient (Wildman–Crippen LogP) is 14.3. The summed E-state index contributed by atoms with van der Waals surface area (Å²) in [6.45, 7) is 0.308. The van der Waals surface area contributed by atoms with Gasteiger partial charge in [0.2, 0.25) is 12.3 Å². The zero-order valence-electron chi connectivity index (χ0n) is 39.2. The third-order valence-electron chi connectivity index (χ3n) is 12.0. The van der Waals surface area contributed by atoms with E-state index in [2.05, 4.69) is 17.6 Å². The van der Waals surface area contributed by atoms with Crippen LogP contribution in [0.3, 0.4) is 0 Å². The van der Waals surface area contributed by atoms with Crippen LogP contribution in [0.15, 0.2) is 151 Å². The van der Waals surface area contributed by atoms with E-state index >= 15 is 0 Å². The lowest BCUT2D eigenvalue weighted by molar-refractivity contribution is -0.684. The first-order valence-corrected chi connectivity index (χ1v) is 22.5. The average Bonchev–Trinajstić information content (AvgIpc) is 3.33. The molecule has 1 aromatic heterocycles. The van der Waals surface area contributed by atoms with E-state index in [1.165, 1.54) is 0 Å². The maximum Gasteiger partial charge on any atom is 0.416 e. The average molecular weight is 1180 g/mol. The highest BCUT2D eigenvalue weighted by Crippen LogP contribution is 2.41. The molecule has 0 amide bonds. The molecule has 80 heavy (non-hydrogen) atoms. The van der Waals surface area contributed by atoms with Crippen molar-refractivity contribution in [2.75, 3.05) is 0 Å². The summed E-state index contributed by atoms with van der Waals surface area (Å²) in [5.74, 6) is 0.0855. The first kappa shape index (κ1) is 62.0. The summed E-state index contributed by atoms with van der Waals surface area (Å²) in [4.78, 5) is 17.6. The van der Waals surface area contributed by atoms with E-state index in [-0.39, 0.29) is 5.78 Å². The topological polar surface area (TPSA) is 33.8 Å². The van der Waals surface area contributed by atoms with E-state index in [0.717, 1.165) is 21.7 Å². The van der Waals surface area contributed by atoms with Crippen LogP contribution in [-0.4, -0.2) is 16.9 Å². The number of hydrogen-bond donors (Lipinski definition) is 1. The summed E-state index contributed by atoms with van der Waals surface area (Å²) >= 11 is 4.47. The number of Topliss-reactive ketones (excluding diaryl/α,β-unsaturated/α-hetero) is 1. The molecule has 0 saturated carbocycles. The summed E-state index contributed by atoms with van der Waals surface area (Å²) in [6, 6.07) is 8.47. The summed E-state index contributed by atoms with van der Waals surface area (Å²) in [6.07, 6.45) is -48.6. The van der Waals surface area contributed by atoms with Crippen LogP contribution >= 0.6 is 12.6 Å². The number of carbonyl (C=O) groups is 1. The van der Waals surface area contributed by atoms with Gasteiger partial charge in [0.25, 0.3) is 0 Å². The van der Waals surface area contributed by atoms with Gasteiger partial charge < -0.3 is 0 Å². The molecule has 29 heteroatoms. The second kappa shape index (κ2) is 22.0. The lowest BCUT2D eigenvalue weighted by atomic mass is 9.12. The van der Waals surface area contributed by atoms with Crippen molar-refractivity contribution in [3.63, 3.8) is 0 Å². The number of benzene rings is 6. The van der Waals surface area contributed by atoms with Crippen LogP contribution in [0.25, 0.3) is 0 Å². The van der Waals surface area contributed by atoms with Crippen molar-refractivity contribution < 1.29 is 115 Å². The normalized spacial score (nSPS) is 13.2. The largest absolute Gasteiger partial charge is 0.416 e. The molecule has 0 aliphatic rings. The Bertz CT molecular complexity index is 2940. The molecule has 0 N–H and O–H groups in total. The van der Waals surface area contributed by atoms with Crippen LogP contribution in [0.1, 0.15) is 66.1 Å². The van der Waals surface area contributed by atoms with Gasteiger partial charge in [-0.05, 0) is 35.9 Å². The number of halogens is 24. The van der Waals surface area contributed by atoms with Gasteiger partial charge in [0.15, 0.2) is 12.4 Å². The summed E-state index contributed by atoms with van der Waals surface area (Å²) in [5.41, 5.74) is -27.5. The van der Waals surface area contributed by atoms with E-state index < -0.39 is 195 Å². The van der Waals surface area contributed by atoms with Crippen molar-refractivity contribution >= 4 is 46.4 Å². The van der Waals surface area contributed by atoms with Crippen molar-refractivity contribution in [1.82, 2.24) is 4.98 Å². The van der Waals surface area contributed by atoms with Crippen molar-refractivity contribution in [2.45, 2.75) is 67.3 Å². The maximum absolute atomic E-state index is 14.2. The first-order valence-electron chi connectivity index (χ1n) is 22.0. The van der Waals surface area contributed by atoms with E-state index in [9.17, 15) is 110 Å². The van der Waals surface area contributed by atoms with Crippen LogP contribution in [-0.2, 0) is 62.4 Å². The maximum atomic E-state index is 14.2. The van der Waals surface area contributed by atoms with E-state index in [1.54, 1.807) is 6.20 Å². The quantitative estimate of drug-likeness (QED) is 0.0514. The lowest BCUT2D eigenvalue weighted by Gasteiger charge is -2.46. The van der Waals surface area contributed by atoms with Crippen LogP contribution < -0.4 is 26.4 Å². The van der Waals surface area contributed by atoms with E-state index in [1.807, 2.05) is 71.6 Å². The van der Waals surface area contributed by atoms with E-state index in [4.69, 9.17) is 0 Å². The standard InChI is InChI=1S/C32H12BF24.C19H16N2OS/c34-25(35,36)13-1-14(26(37,38)39)6-21(5-13)33(22-7-15(27(40,41)42)2-16(8-22)28(43,44)45,23-9-17(29(46,47)48)3-18(10-23)30(49,50)51)24-11-19(31(52,53)54)4-20(12-24)32(55,56)57;22-18(15-6-2-1-3-7-15)14-21-11-10-20-17(13-21)12-16-8-4-5-9-19(16)23/h1-12H;1-11,13H,12,14H2/q-1;/p+1. The molecule has 3 nitrogen and oxygen atoms in total. The summed E-state index contributed by atoms with van der Waals surface area (Å²) in [5, 5.41) is 0. The smallest absolute Gasteiger partial charge is 0.287 e. The van der Waals surface area contributed by atoms with Crippen LogP contribution in [0.5, 0.6) is 0 Å². The zero-order valence-corrected chi connectivity index (χ0v) is 40.1. The molecule has 0 unspecified atom stereocenters. The molecule has 0 fully saturated rings. The Balaban J connectivity index is 0.000000370. The molecular weight excluding hydrogens is 1160 g/mol. The number of hydrogen-bond acceptors (Lipinski definition) is 3. The number of ketones is 1. The molecule has 7 aromatic rings. The molecule has 0 aliphatic heterocycles. The SMILES string of the molecule is FC(F)(F)c1cc([B-](c2cc(C(F)(F)F)cc(C(F)(F)F)c2)(c2cc(C(F)(F)F)cc(C(F)(F)F)c2)c2cc(C(F)(F)F)cc(C(F)(F)F)c2)cc(C(F)(F)F)c1.O=C(C[n+]1ccnc(Cc2ccccc2S)c1)c1ccccc1. The van der Waals surface area contributed by atoms with Gasteiger partial charge in [-0.3, -0.25) is 4.79 Å². The second-order valence-electron chi connectivity index (χ2n) is 17.5. The highest BCUT2D eigenvalue weighted by atomic mass is 32.1. The molecule has 426 valence electrons. The number of alkyl halides is 24. The van der Waals surface area contributed by atoms with Gasteiger partial charge in [-0.15, -0.1) is 12.6 Å². The third-order valence-corrected chi connectivity index (χ3v) is 12.5. The molecule has 6 aromatic carbocycles. The molecule has 0 radical (unpaired) electrons. The Morgan fingerprint density at radius 2 is 0.700 bits per heavy atom. The minimum atomic E-state index is -6.13. The molecule has 0 bridgehead atoms. The number of carbonyl (C=O) groups excluding carboxylic acids is 1. The Hall–Kier alpha value is -7.20. The van der Waals surface area contributed by atoms with Crippen molar-refractivity contribution in [3.8, 4) is 0 Å². The number of nitrogens with zero attached hydrogens (tertiary/aromatic N) is 2. The fourth-order valence-corrected chi connectivity index (χ4v) is 8.72. The molecule has 0 atom stereocenters. The molecular formula is C51H29BF24N2OS. The Labute approximate surface area is 439 Å². The third kappa shape index (κ3) is 14.6. The lowest BCUT2D eigenvalue weighted by Crippen LogP contribution is -2.75. The fourth-order valence-electron chi connectivity index (χ4n) is 8.48. The number of aromatic nitrogens is 2. The summed E-state index contributed by atoms with van der Waals surface area (Å²) < 4.78 is 343. The van der Waals surface area contributed by atoms with Gasteiger partial charge in [-0.25, -0.2) is 4.98 Å². The summed E-state index contributed by atoms with van der Waals surface area (Å²) in [7, 11) is 0. The van der Waals surface area contributed by atoms with E-state index in [0.29, 0.717) is 13.0 Å². The van der Waals surface area contributed by atoms with Crippen molar-refractivity contribution in [2.24, 2.45) is 0 Å². The van der Waals surface area contributed by atoms with Gasteiger partial charge >= 0.3 is 49.4 Å². The Kier molecular flexibility index (Phi) is 17.1. The Morgan fingerprint density at radius 3 is 0.988 bits per heavy atom. The van der Waals surface area contributed by atoms with Crippen LogP contribution in [0, 0.1) is 0 Å². The minimum Gasteiger partial charge on any atom is -0.287 e. The highest BCUT2D eigenvalue weighted by Gasteiger charge is 2.47. The second-order valence-corrected chi connectivity index (χ2v) is 18.0. The Morgan fingerprint density at radius 1 is 0.412 bits per heavy atom. The molecule has 0 saturated heterocycles. The van der Waals surface area contributed by atoms with Crippen LogP contribution in [0.2, 0.25) is 0 Å². The van der Waals surface area contributed by atoms with Gasteiger partial charge in [0.05, 0.1) is 50.7 Å². The molecule has 0 aliphatic carbocycles. The predicted molar refractivity (Wildman–Crippen MR) is 242 cm³/mol. The molecule has 7 rings (SSSR count). The van der Waals surface area contributed by atoms with Crippen molar-refractivity contribution in [3.05, 3.63) is 207 Å². The fraction of sp³-hybridized carbons (Fsp3) is 0.196. The monoisotopic (exact) mass is 1180 g/mol. The number of thiol groups is 1.